The molecule has 0 aliphatic heterocycles. The van der Waals surface area contributed by atoms with Crippen molar-refractivity contribution in [3.63, 3.8) is 0 Å². The van der Waals surface area contributed by atoms with Crippen LogP contribution >= 0.6 is 0 Å². The van der Waals surface area contributed by atoms with Gasteiger partial charge in [-0.2, -0.15) is 0 Å². The van der Waals surface area contributed by atoms with Crippen LogP contribution in [0.1, 0.15) is 43.0 Å². The Balaban J connectivity index is 1.31. The third-order valence-corrected chi connectivity index (χ3v) is 8.68. The second-order valence-corrected chi connectivity index (χ2v) is 12.2. The maximum absolute atomic E-state index is 13.0. The fraction of sp³-hybridized carbons (Fsp3) is 0.156. The Morgan fingerprint density at radius 3 is 1.77 bits per heavy atom. The number of rotatable bonds is 15. The van der Waals surface area contributed by atoms with Gasteiger partial charge in [0.05, 0.1) is 32.5 Å². The number of aryl methyl sites for hydroxylation is 2. The highest BCUT2D eigenvalue weighted by Crippen LogP contribution is 2.36. The van der Waals surface area contributed by atoms with Gasteiger partial charge in [0.15, 0.2) is 11.5 Å². The first-order valence-electron chi connectivity index (χ1n) is 17.2. The summed E-state index contributed by atoms with van der Waals surface area (Å²) in [6.45, 7) is 0.780. The van der Waals surface area contributed by atoms with Crippen molar-refractivity contribution in [1.29, 1.82) is 0 Å². The lowest BCUT2D eigenvalue weighted by Crippen LogP contribution is -2.06. The Labute approximate surface area is 309 Å². The lowest BCUT2D eigenvalue weighted by Gasteiger charge is -2.17. The van der Waals surface area contributed by atoms with Crippen LogP contribution in [0.4, 0.5) is 0 Å². The quantitative estimate of drug-likeness (QED) is 0.0975. The third-order valence-electron chi connectivity index (χ3n) is 8.68. The van der Waals surface area contributed by atoms with E-state index in [0.29, 0.717) is 65.9 Å². The summed E-state index contributed by atoms with van der Waals surface area (Å²) in [7, 11) is 4.28. The molecule has 0 amide bonds. The predicted octanol–water partition coefficient (Wildman–Crippen LogP) is 9.67. The van der Waals surface area contributed by atoms with Crippen LogP contribution in [0.5, 0.6) is 28.7 Å². The lowest BCUT2D eigenvalue weighted by atomic mass is 9.91. The molecule has 8 heteroatoms. The standard InChI is InChI=1S/C45H40O8/c1-48-37-21-24-40(41(28-37)45(47)50-3)39-23-22-38(51-29-32-10-6-4-7-11-32)27-35(39)16-14-31-15-25-42(52-30-33-12-8-5-9-13-33)43(26-31)53-36-19-17-34(18-20-36)44(46)49-2/h4-13,15,17-28H,14,16,29-30H2,1-3H3. The molecule has 0 saturated heterocycles. The van der Waals surface area contributed by atoms with Crippen LogP contribution in [0.25, 0.3) is 11.1 Å². The maximum atomic E-state index is 13.0. The molecule has 6 rings (SSSR count). The van der Waals surface area contributed by atoms with Gasteiger partial charge in [0, 0.05) is 0 Å². The van der Waals surface area contributed by atoms with E-state index in [1.807, 2.05) is 109 Å². The Kier molecular flexibility index (Phi) is 12.0. The molecule has 0 heterocycles. The lowest BCUT2D eigenvalue weighted by molar-refractivity contribution is 0.0592. The van der Waals surface area contributed by atoms with Gasteiger partial charge in [-0.3, -0.25) is 0 Å². The molecule has 0 fully saturated rings. The molecular weight excluding hydrogens is 668 g/mol. The molecule has 0 aliphatic rings. The Morgan fingerprint density at radius 2 is 1.11 bits per heavy atom. The number of carbonyl (C=O) groups excluding carboxylic acids is 2. The van der Waals surface area contributed by atoms with Crippen LogP contribution in [-0.2, 0) is 35.5 Å². The zero-order valence-electron chi connectivity index (χ0n) is 29.9. The first kappa shape index (κ1) is 36.3. The number of methoxy groups -OCH3 is 3. The van der Waals surface area contributed by atoms with Crippen molar-refractivity contribution in [3.05, 3.63) is 173 Å². The van der Waals surface area contributed by atoms with Gasteiger partial charge < -0.3 is 28.4 Å². The molecule has 0 unspecified atom stereocenters. The van der Waals surface area contributed by atoms with Crippen molar-refractivity contribution in [2.24, 2.45) is 0 Å². The van der Waals surface area contributed by atoms with Crippen molar-refractivity contribution in [3.8, 4) is 39.9 Å². The second-order valence-electron chi connectivity index (χ2n) is 12.2. The van der Waals surface area contributed by atoms with Gasteiger partial charge in [-0.05, 0) is 113 Å². The van der Waals surface area contributed by atoms with E-state index < -0.39 is 11.9 Å². The third kappa shape index (κ3) is 9.42. The average Bonchev–Trinajstić information content (AvgIpc) is 3.22. The van der Waals surface area contributed by atoms with Gasteiger partial charge >= 0.3 is 11.9 Å². The topological polar surface area (TPSA) is 89.5 Å². The number of benzene rings is 6. The van der Waals surface area contributed by atoms with Crippen LogP contribution in [0, 0.1) is 0 Å². The monoisotopic (exact) mass is 708 g/mol. The predicted molar refractivity (Wildman–Crippen MR) is 203 cm³/mol. The Hall–Kier alpha value is -6.54. The van der Waals surface area contributed by atoms with Crippen molar-refractivity contribution in [2.45, 2.75) is 26.1 Å². The molecule has 0 saturated carbocycles. The molecule has 8 nitrogen and oxygen atoms in total. The second kappa shape index (κ2) is 17.6. The van der Waals surface area contributed by atoms with E-state index in [2.05, 4.69) is 0 Å². The molecule has 6 aromatic carbocycles. The van der Waals surface area contributed by atoms with Gasteiger partial charge in [-0.25, -0.2) is 9.59 Å². The zero-order valence-corrected chi connectivity index (χ0v) is 29.9. The molecular formula is C45H40O8. The SMILES string of the molecule is COC(=O)c1ccc(Oc2cc(CCc3cc(OCc4ccccc4)ccc3-c3ccc(OC)cc3C(=O)OC)ccc2OCc2ccccc2)cc1. The summed E-state index contributed by atoms with van der Waals surface area (Å²) in [6, 6.07) is 43.9. The minimum absolute atomic E-state index is 0.362. The largest absolute Gasteiger partial charge is 0.497 e. The Morgan fingerprint density at radius 1 is 0.491 bits per heavy atom. The molecule has 53 heavy (non-hydrogen) atoms. The van der Waals surface area contributed by atoms with E-state index in [4.69, 9.17) is 28.4 Å². The van der Waals surface area contributed by atoms with Crippen LogP contribution in [0.15, 0.2) is 140 Å². The number of hydrogen-bond donors (Lipinski definition) is 0. The number of hydrogen-bond acceptors (Lipinski definition) is 8. The molecule has 0 aromatic heterocycles. The van der Waals surface area contributed by atoms with E-state index in [0.717, 1.165) is 33.4 Å². The molecule has 0 bridgehead atoms. The molecule has 0 atom stereocenters. The fourth-order valence-corrected chi connectivity index (χ4v) is 5.86. The van der Waals surface area contributed by atoms with E-state index in [9.17, 15) is 9.59 Å². The van der Waals surface area contributed by atoms with Gasteiger partial charge in [0.25, 0.3) is 0 Å². The van der Waals surface area contributed by atoms with Crippen molar-refractivity contribution in [1.82, 2.24) is 0 Å². The minimum atomic E-state index is -0.457. The van der Waals surface area contributed by atoms with Gasteiger partial charge in [0.2, 0.25) is 0 Å². The smallest absolute Gasteiger partial charge is 0.338 e. The van der Waals surface area contributed by atoms with Gasteiger partial charge in [0.1, 0.15) is 30.5 Å². The average molecular weight is 709 g/mol. The van der Waals surface area contributed by atoms with Crippen LogP contribution < -0.4 is 18.9 Å². The Bertz CT molecular complexity index is 2140. The summed E-state index contributed by atoms with van der Waals surface area (Å²) >= 11 is 0. The summed E-state index contributed by atoms with van der Waals surface area (Å²) in [5.74, 6) is 2.04. The molecule has 0 spiro atoms. The highest BCUT2D eigenvalue weighted by atomic mass is 16.5. The van der Waals surface area contributed by atoms with Crippen molar-refractivity contribution in [2.75, 3.05) is 21.3 Å². The van der Waals surface area contributed by atoms with E-state index in [1.165, 1.54) is 14.2 Å². The number of ether oxygens (including phenoxy) is 6. The van der Waals surface area contributed by atoms with Crippen LogP contribution in [0.3, 0.4) is 0 Å². The highest BCUT2D eigenvalue weighted by Gasteiger charge is 2.19. The van der Waals surface area contributed by atoms with Crippen molar-refractivity contribution >= 4 is 11.9 Å². The van der Waals surface area contributed by atoms with E-state index in [1.54, 1.807) is 37.4 Å². The van der Waals surface area contributed by atoms with Crippen LogP contribution in [0.2, 0.25) is 0 Å². The van der Waals surface area contributed by atoms with Crippen LogP contribution in [-0.4, -0.2) is 33.3 Å². The molecule has 6 aromatic rings. The number of carbonyl (C=O) groups is 2. The van der Waals surface area contributed by atoms with E-state index >= 15 is 0 Å². The summed E-state index contributed by atoms with van der Waals surface area (Å²) in [5, 5.41) is 0. The normalized spacial score (nSPS) is 10.6. The van der Waals surface area contributed by atoms with Crippen molar-refractivity contribution < 1.29 is 38.0 Å². The molecule has 0 aliphatic carbocycles. The maximum Gasteiger partial charge on any atom is 0.338 e. The fourth-order valence-electron chi connectivity index (χ4n) is 5.86. The molecule has 268 valence electrons. The molecule has 0 N–H and O–H groups in total. The minimum Gasteiger partial charge on any atom is -0.497 e. The number of esters is 2. The summed E-state index contributed by atoms with van der Waals surface area (Å²) < 4.78 is 34.3. The first-order chi connectivity index (χ1) is 25.9. The van der Waals surface area contributed by atoms with Gasteiger partial charge in [-0.15, -0.1) is 0 Å². The highest BCUT2D eigenvalue weighted by molar-refractivity contribution is 5.98. The zero-order chi connectivity index (χ0) is 37.0. The summed E-state index contributed by atoms with van der Waals surface area (Å²) in [6.07, 6.45) is 1.25. The van der Waals surface area contributed by atoms with Gasteiger partial charge in [-0.1, -0.05) is 72.8 Å². The summed E-state index contributed by atoms with van der Waals surface area (Å²) in [5.41, 5.74) is 6.50. The summed E-state index contributed by atoms with van der Waals surface area (Å²) in [4.78, 5) is 25.0. The van der Waals surface area contributed by atoms with E-state index in [-0.39, 0.29) is 0 Å². The first-order valence-corrected chi connectivity index (χ1v) is 17.2. The molecule has 0 radical (unpaired) electrons.